The number of nitrogens with one attached hydrogen (secondary N) is 2. The van der Waals surface area contributed by atoms with Gasteiger partial charge in [-0.15, -0.1) is 11.3 Å². The van der Waals surface area contributed by atoms with Crippen LogP contribution in [0.5, 0.6) is 5.75 Å². The van der Waals surface area contributed by atoms with Gasteiger partial charge in [0.25, 0.3) is 0 Å². The lowest BCUT2D eigenvalue weighted by atomic mass is 10.1. The van der Waals surface area contributed by atoms with E-state index in [0.717, 1.165) is 22.1 Å². The zero-order chi connectivity index (χ0) is 22.1. The summed E-state index contributed by atoms with van der Waals surface area (Å²) in [4.78, 5) is 28.7. The van der Waals surface area contributed by atoms with E-state index in [1.807, 2.05) is 29.6 Å². The summed E-state index contributed by atoms with van der Waals surface area (Å²) in [7, 11) is 1.63. The van der Waals surface area contributed by atoms with Crippen LogP contribution in [0.2, 0.25) is 5.02 Å². The summed E-state index contributed by atoms with van der Waals surface area (Å²) >= 11 is 8.61. The molecular formula is C22H22ClN3O3S2. The maximum Gasteiger partial charge on any atom is 0.234 e. The van der Waals surface area contributed by atoms with Gasteiger partial charge in [0.2, 0.25) is 11.8 Å². The van der Waals surface area contributed by atoms with E-state index in [0.29, 0.717) is 22.9 Å². The highest BCUT2D eigenvalue weighted by atomic mass is 35.5. The molecule has 0 fully saturated rings. The van der Waals surface area contributed by atoms with Gasteiger partial charge in [-0.05, 0) is 48.4 Å². The molecule has 0 atom stereocenters. The van der Waals surface area contributed by atoms with Gasteiger partial charge in [-0.2, -0.15) is 0 Å². The number of amides is 2. The molecule has 3 rings (SSSR count). The van der Waals surface area contributed by atoms with E-state index in [4.69, 9.17) is 16.3 Å². The van der Waals surface area contributed by atoms with E-state index in [9.17, 15) is 9.59 Å². The molecule has 3 aromatic rings. The molecule has 0 unspecified atom stereocenters. The minimum Gasteiger partial charge on any atom is -0.497 e. The zero-order valence-electron chi connectivity index (χ0n) is 16.9. The molecule has 1 aromatic heterocycles. The standard InChI is InChI=1S/C22H22ClN3O3S2/c1-29-19-4-2-3-15(11-19)9-10-24-20(27)12-18-13-30-22(26-18)31-14-21(28)25-17-7-5-16(23)6-8-17/h2-8,11,13H,9-10,12,14H2,1H3,(H,24,27)(H,25,28). The molecule has 9 heteroatoms. The molecule has 0 spiro atoms. The number of benzene rings is 2. The molecule has 0 saturated heterocycles. The highest BCUT2D eigenvalue weighted by molar-refractivity contribution is 8.01. The minimum absolute atomic E-state index is 0.0785. The molecule has 0 saturated carbocycles. The monoisotopic (exact) mass is 475 g/mol. The van der Waals surface area contributed by atoms with Crippen molar-refractivity contribution in [3.63, 3.8) is 0 Å². The molecule has 31 heavy (non-hydrogen) atoms. The van der Waals surface area contributed by atoms with Gasteiger partial charge in [0.15, 0.2) is 4.34 Å². The fourth-order valence-corrected chi connectivity index (χ4v) is 4.47. The van der Waals surface area contributed by atoms with E-state index >= 15 is 0 Å². The van der Waals surface area contributed by atoms with Crippen molar-refractivity contribution in [2.24, 2.45) is 0 Å². The molecule has 0 radical (unpaired) electrons. The third-order valence-electron chi connectivity index (χ3n) is 4.20. The molecule has 6 nitrogen and oxygen atoms in total. The molecule has 2 amide bonds. The second-order valence-corrected chi connectivity index (χ2v) is 9.09. The number of thioether (sulfide) groups is 1. The Labute approximate surface area is 194 Å². The van der Waals surface area contributed by atoms with Crippen LogP contribution in [0.3, 0.4) is 0 Å². The highest BCUT2D eigenvalue weighted by Gasteiger charge is 2.10. The number of hydrogen-bond acceptors (Lipinski definition) is 6. The average Bonchev–Trinajstić information content (AvgIpc) is 3.21. The summed E-state index contributed by atoms with van der Waals surface area (Å²) in [5.74, 6) is 0.838. The van der Waals surface area contributed by atoms with Gasteiger partial charge in [-0.1, -0.05) is 35.5 Å². The predicted molar refractivity (Wildman–Crippen MR) is 126 cm³/mol. The lowest BCUT2D eigenvalue weighted by Crippen LogP contribution is -2.27. The van der Waals surface area contributed by atoms with E-state index in [1.54, 1.807) is 31.4 Å². The van der Waals surface area contributed by atoms with Crippen LogP contribution in [-0.2, 0) is 22.4 Å². The Morgan fingerprint density at radius 2 is 1.97 bits per heavy atom. The summed E-state index contributed by atoms with van der Waals surface area (Å²) < 4.78 is 5.96. The van der Waals surface area contributed by atoms with Crippen molar-refractivity contribution in [3.8, 4) is 5.75 Å². The maximum absolute atomic E-state index is 12.2. The third-order valence-corrected chi connectivity index (χ3v) is 6.52. The normalized spacial score (nSPS) is 10.5. The number of halogens is 1. The Kier molecular flexibility index (Phi) is 8.75. The zero-order valence-corrected chi connectivity index (χ0v) is 19.3. The van der Waals surface area contributed by atoms with Gasteiger partial charge >= 0.3 is 0 Å². The molecular weight excluding hydrogens is 454 g/mol. The summed E-state index contributed by atoms with van der Waals surface area (Å²) in [6.07, 6.45) is 0.940. The fourth-order valence-electron chi connectivity index (χ4n) is 2.69. The van der Waals surface area contributed by atoms with Crippen molar-refractivity contribution in [3.05, 3.63) is 70.2 Å². The SMILES string of the molecule is COc1cccc(CCNC(=O)Cc2csc(SCC(=O)Nc3ccc(Cl)cc3)n2)c1. The topological polar surface area (TPSA) is 80.3 Å². The van der Waals surface area contributed by atoms with Crippen molar-refractivity contribution in [1.29, 1.82) is 0 Å². The van der Waals surface area contributed by atoms with Crippen LogP contribution in [0, 0.1) is 0 Å². The molecule has 1 heterocycles. The van der Waals surface area contributed by atoms with Gasteiger partial charge in [0.1, 0.15) is 5.75 Å². The smallest absolute Gasteiger partial charge is 0.234 e. The van der Waals surface area contributed by atoms with Crippen LogP contribution in [-0.4, -0.2) is 36.2 Å². The Hall–Kier alpha value is -2.55. The maximum atomic E-state index is 12.2. The van der Waals surface area contributed by atoms with Gasteiger partial charge < -0.3 is 15.4 Å². The molecule has 2 aromatic carbocycles. The minimum atomic E-state index is -0.126. The summed E-state index contributed by atoms with van der Waals surface area (Å²) in [5.41, 5.74) is 2.49. The number of rotatable bonds is 10. The summed E-state index contributed by atoms with van der Waals surface area (Å²) in [5, 5.41) is 8.19. The quantitative estimate of drug-likeness (QED) is 0.424. The molecule has 0 aliphatic rings. The molecule has 162 valence electrons. The van der Waals surface area contributed by atoms with Crippen LogP contribution in [0.1, 0.15) is 11.3 Å². The number of aromatic nitrogens is 1. The first-order chi connectivity index (χ1) is 15.0. The fraction of sp³-hybridized carbons (Fsp3) is 0.227. The lowest BCUT2D eigenvalue weighted by molar-refractivity contribution is -0.120. The van der Waals surface area contributed by atoms with Gasteiger partial charge in [-0.25, -0.2) is 4.98 Å². The average molecular weight is 476 g/mol. The van der Waals surface area contributed by atoms with Crippen molar-refractivity contribution < 1.29 is 14.3 Å². The first kappa shape index (κ1) is 23.1. The largest absolute Gasteiger partial charge is 0.497 e. The second-order valence-electron chi connectivity index (χ2n) is 6.58. The number of carbonyl (C=O) groups excluding carboxylic acids is 2. The van der Waals surface area contributed by atoms with Crippen molar-refractivity contribution in [2.45, 2.75) is 17.2 Å². The van der Waals surface area contributed by atoms with E-state index in [2.05, 4.69) is 15.6 Å². The Morgan fingerprint density at radius 1 is 1.16 bits per heavy atom. The molecule has 0 aliphatic heterocycles. The number of carbonyl (C=O) groups is 2. The van der Waals surface area contributed by atoms with Gasteiger partial charge in [0, 0.05) is 22.6 Å². The number of methoxy groups -OCH3 is 1. The lowest BCUT2D eigenvalue weighted by Gasteiger charge is -2.06. The second kappa shape index (κ2) is 11.7. The summed E-state index contributed by atoms with van der Waals surface area (Å²) in [6, 6.07) is 14.7. The number of thiazole rings is 1. The number of nitrogens with zero attached hydrogens (tertiary/aromatic N) is 1. The first-order valence-corrected chi connectivity index (χ1v) is 11.8. The Bertz CT molecular complexity index is 1020. The van der Waals surface area contributed by atoms with E-state index in [-0.39, 0.29) is 24.0 Å². The van der Waals surface area contributed by atoms with Crippen molar-refractivity contribution >= 4 is 52.2 Å². The van der Waals surface area contributed by atoms with Crippen LogP contribution in [0.25, 0.3) is 0 Å². The van der Waals surface area contributed by atoms with Crippen molar-refractivity contribution in [2.75, 3.05) is 24.7 Å². The third kappa shape index (κ3) is 7.90. The predicted octanol–water partition coefficient (Wildman–Crippen LogP) is 4.44. The van der Waals surface area contributed by atoms with Crippen LogP contribution in [0.15, 0.2) is 58.3 Å². The molecule has 2 N–H and O–H groups in total. The van der Waals surface area contributed by atoms with E-state index in [1.165, 1.54) is 23.1 Å². The highest BCUT2D eigenvalue weighted by Crippen LogP contribution is 2.23. The number of anilines is 1. The number of hydrogen-bond donors (Lipinski definition) is 2. The number of ether oxygens (including phenoxy) is 1. The van der Waals surface area contributed by atoms with Gasteiger partial charge in [-0.3, -0.25) is 9.59 Å². The molecule has 0 bridgehead atoms. The van der Waals surface area contributed by atoms with Gasteiger partial charge in [0.05, 0.1) is 25.0 Å². The van der Waals surface area contributed by atoms with Crippen LogP contribution >= 0.6 is 34.7 Å². The van der Waals surface area contributed by atoms with Crippen LogP contribution < -0.4 is 15.4 Å². The van der Waals surface area contributed by atoms with E-state index < -0.39 is 0 Å². The first-order valence-electron chi connectivity index (χ1n) is 9.54. The molecule has 0 aliphatic carbocycles. The Balaban J connectivity index is 1.38. The summed E-state index contributed by atoms with van der Waals surface area (Å²) in [6.45, 7) is 0.544. The van der Waals surface area contributed by atoms with Crippen molar-refractivity contribution in [1.82, 2.24) is 10.3 Å². The Morgan fingerprint density at radius 3 is 2.74 bits per heavy atom. The van der Waals surface area contributed by atoms with Crippen LogP contribution in [0.4, 0.5) is 5.69 Å².